The van der Waals surface area contributed by atoms with E-state index in [2.05, 4.69) is 109 Å². The largest absolute Gasteiger partial charge is 0.192 e. The van der Waals surface area contributed by atoms with Crippen LogP contribution in [0.1, 0.15) is 27.8 Å². The van der Waals surface area contributed by atoms with Gasteiger partial charge in [0.1, 0.15) is 0 Å². The second-order valence-electron chi connectivity index (χ2n) is 8.80. The fourth-order valence-electron chi connectivity index (χ4n) is 6.11. The fourth-order valence-corrected chi connectivity index (χ4v) is 6.11. The minimum atomic E-state index is -0.318. The average Bonchev–Trinajstić information content (AvgIpc) is 3.36. The molecule has 5 aromatic rings. The third-order valence-electron chi connectivity index (χ3n) is 7.35. The van der Waals surface area contributed by atoms with Crippen LogP contribution in [0.4, 0.5) is 0 Å². The third kappa shape index (κ3) is 2.20. The van der Waals surface area contributed by atoms with Gasteiger partial charge in [0.2, 0.25) is 0 Å². The highest BCUT2D eigenvalue weighted by atomic mass is 14.5. The monoisotopic (exact) mass is 417 g/mol. The zero-order valence-corrected chi connectivity index (χ0v) is 17.9. The molecule has 0 bridgehead atoms. The van der Waals surface area contributed by atoms with E-state index < -0.39 is 0 Å². The summed E-state index contributed by atoms with van der Waals surface area (Å²) in [5.41, 5.74) is 13.3. The van der Waals surface area contributed by atoms with E-state index >= 15 is 0 Å². The first kappa shape index (κ1) is 18.2. The van der Waals surface area contributed by atoms with Crippen LogP contribution in [0.5, 0.6) is 0 Å². The lowest BCUT2D eigenvalue weighted by Crippen LogP contribution is -2.25. The summed E-state index contributed by atoms with van der Waals surface area (Å²) in [5.74, 6) is 0. The molecule has 0 aliphatic heterocycles. The highest BCUT2D eigenvalue weighted by Crippen LogP contribution is 2.63. The maximum absolute atomic E-state index is 9.26. The predicted octanol–water partition coefficient (Wildman–Crippen LogP) is 7.57. The molecule has 0 unspecified atom stereocenters. The van der Waals surface area contributed by atoms with Crippen molar-refractivity contribution in [3.05, 3.63) is 143 Å². The van der Waals surface area contributed by atoms with Crippen molar-refractivity contribution in [3.8, 4) is 39.4 Å². The maximum Gasteiger partial charge on any atom is 0.0991 e. The molecule has 1 nitrogen and oxygen atoms in total. The smallest absolute Gasteiger partial charge is 0.0991 e. The molecule has 0 fully saturated rings. The molecule has 2 aliphatic carbocycles. The van der Waals surface area contributed by atoms with Gasteiger partial charge in [-0.3, -0.25) is 0 Å². The van der Waals surface area contributed by atoms with Gasteiger partial charge < -0.3 is 0 Å². The Labute approximate surface area is 193 Å². The van der Waals surface area contributed by atoms with Crippen molar-refractivity contribution in [2.45, 2.75) is 5.41 Å². The number of fused-ring (bicyclic) bond motifs is 10. The van der Waals surface area contributed by atoms with Crippen LogP contribution in [-0.2, 0) is 5.41 Å². The quantitative estimate of drug-likeness (QED) is 0.270. The molecule has 1 spiro atoms. The summed E-state index contributed by atoms with van der Waals surface area (Å²) in [5, 5.41) is 9.26. The SMILES string of the molecule is N#Cc1ccc(-c2cccc3c2-c2ccccc2C32c3ccccc3-c3ccccc32)cc1. The maximum atomic E-state index is 9.26. The third-order valence-corrected chi connectivity index (χ3v) is 7.35. The lowest BCUT2D eigenvalue weighted by atomic mass is 9.70. The summed E-state index contributed by atoms with van der Waals surface area (Å²) < 4.78 is 0. The van der Waals surface area contributed by atoms with Crippen LogP contribution in [0.15, 0.2) is 115 Å². The van der Waals surface area contributed by atoms with Gasteiger partial charge in [0.05, 0.1) is 17.0 Å². The first-order chi connectivity index (χ1) is 16.3. The average molecular weight is 418 g/mol. The van der Waals surface area contributed by atoms with Gasteiger partial charge >= 0.3 is 0 Å². The molecule has 2 aliphatic rings. The van der Waals surface area contributed by atoms with Gasteiger partial charge in [-0.1, -0.05) is 103 Å². The molecule has 1 heteroatoms. The van der Waals surface area contributed by atoms with E-state index in [1.807, 2.05) is 12.1 Å². The first-order valence-electron chi connectivity index (χ1n) is 11.3. The van der Waals surface area contributed by atoms with Crippen LogP contribution in [0.25, 0.3) is 33.4 Å². The molecule has 7 rings (SSSR count). The number of nitrogens with zero attached hydrogens (tertiary/aromatic N) is 1. The van der Waals surface area contributed by atoms with Crippen molar-refractivity contribution in [1.29, 1.82) is 5.26 Å². The van der Waals surface area contributed by atoms with Gasteiger partial charge in [-0.25, -0.2) is 0 Å². The summed E-state index contributed by atoms with van der Waals surface area (Å²) in [6.07, 6.45) is 0. The Morgan fingerprint density at radius 2 is 0.939 bits per heavy atom. The molecular weight excluding hydrogens is 398 g/mol. The summed E-state index contributed by atoms with van der Waals surface area (Å²) in [6.45, 7) is 0. The lowest BCUT2D eigenvalue weighted by molar-refractivity contribution is 0.794. The zero-order valence-electron chi connectivity index (χ0n) is 17.9. The molecule has 0 atom stereocenters. The van der Waals surface area contributed by atoms with Crippen molar-refractivity contribution in [1.82, 2.24) is 0 Å². The fraction of sp³-hybridized carbons (Fsp3) is 0.0312. The number of rotatable bonds is 1. The van der Waals surface area contributed by atoms with Crippen LogP contribution >= 0.6 is 0 Å². The van der Waals surface area contributed by atoms with Crippen LogP contribution in [-0.4, -0.2) is 0 Å². The molecule has 0 aromatic heterocycles. The summed E-state index contributed by atoms with van der Waals surface area (Å²) in [6, 6.07) is 43.5. The van der Waals surface area contributed by atoms with E-state index in [4.69, 9.17) is 0 Å². The molecule has 0 N–H and O–H groups in total. The molecule has 5 aromatic carbocycles. The Morgan fingerprint density at radius 3 is 1.55 bits per heavy atom. The Morgan fingerprint density at radius 1 is 0.455 bits per heavy atom. The summed E-state index contributed by atoms with van der Waals surface area (Å²) in [4.78, 5) is 0. The Kier molecular flexibility index (Phi) is 3.61. The molecular formula is C32H19N. The van der Waals surface area contributed by atoms with Gasteiger partial charge in [-0.2, -0.15) is 5.26 Å². The van der Waals surface area contributed by atoms with Gasteiger partial charge in [0.15, 0.2) is 0 Å². The van der Waals surface area contributed by atoms with E-state index in [-0.39, 0.29) is 5.41 Å². The van der Waals surface area contributed by atoms with Crippen molar-refractivity contribution < 1.29 is 0 Å². The zero-order chi connectivity index (χ0) is 22.0. The van der Waals surface area contributed by atoms with Crippen LogP contribution < -0.4 is 0 Å². The number of nitriles is 1. The van der Waals surface area contributed by atoms with E-state index in [1.54, 1.807) is 0 Å². The molecule has 0 saturated heterocycles. The van der Waals surface area contributed by atoms with Crippen LogP contribution in [0.2, 0.25) is 0 Å². The molecule has 152 valence electrons. The van der Waals surface area contributed by atoms with Crippen LogP contribution in [0.3, 0.4) is 0 Å². The minimum absolute atomic E-state index is 0.318. The van der Waals surface area contributed by atoms with Gasteiger partial charge in [0.25, 0.3) is 0 Å². The van der Waals surface area contributed by atoms with Crippen molar-refractivity contribution in [3.63, 3.8) is 0 Å². The molecule has 33 heavy (non-hydrogen) atoms. The highest BCUT2D eigenvalue weighted by molar-refractivity contribution is 5.99. The standard InChI is InChI=1S/C32H19N/c33-20-21-16-18-22(19-17-21)23-11-7-15-30-31(23)26-10-3-6-14-29(26)32(30)27-12-4-1-8-24(27)25-9-2-5-13-28(25)32/h1-19H. The topological polar surface area (TPSA) is 23.8 Å². The minimum Gasteiger partial charge on any atom is -0.192 e. The predicted molar refractivity (Wildman–Crippen MR) is 133 cm³/mol. The van der Waals surface area contributed by atoms with Crippen molar-refractivity contribution in [2.75, 3.05) is 0 Å². The van der Waals surface area contributed by atoms with E-state index in [0.717, 1.165) is 5.56 Å². The lowest BCUT2D eigenvalue weighted by Gasteiger charge is -2.30. The molecule has 0 heterocycles. The summed E-state index contributed by atoms with van der Waals surface area (Å²) >= 11 is 0. The van der Waals surface area contributed by atoms with Gasteiger partial charge in [-0.15, -0.1) is 0 Å². The second-order valence-corrected chi connectivity index (χ2v) is 8.80. The molecule has 0 saturated carbocycles. The molecule has 0 amide bonds. The Hall–Kier alpha value is -4.41. The Bertz CT molecular complexity index is 1570. The number of hydrogen-bond acceptors (Lipinski definition) is 1. The van der Waals surface area contributed by atoms with Gasteiger partial charge in [0, 0.05) is 0 Å². The highest BCUT2D eigenvalue weighted by Gasteiger charge is 2.51. The van der Waals surface area contributed by atoms with Crippen molar-refractivity contribution >= 4 is 0 Å². The summed E-state index contributed by atoms with van der Waals surface area (Å²) in [7, 11) is 0. The van der Waals surface area contributed by atoms with E-state index in [1.165, 1.54) is 50.1 Å². The van der Waals surface area contributed by atoms with Crippen molar-refractivity contribution in [2.24, 2.45) is 0 Å². The van der Waals surface area contributed by atoms with E-state index in [0.29, 0.717) is 5.56 Å². The van der Waals surface area contributed by atoms with Crippen LogP contribution in [0, 0.1) is 11.3 Å². The number of benzene rings is 5. The normalized spacial score (nSPS) is 13.7. The Balaban J connectivity index is 1.63. The van der Waals surface area contributed by atoms with Gasteiger partial charge in [-0.05, 0) is 67.8 Å². The second kappa shape index (κ2) is 6.55. The van der Waals surface area contributed by atoms with E-state index in [9.17, 15) is 5.26 Å². The number of hydrogen-bond donors (Lipinski definition) is 0. The molecule has 0 radical (unpaired) electrons. The first-order valence-corrected chi connectivity index (χ1v) is 11.3.